The molecule has 18 heavy (non-hydrogen) atoms. The van der Waals surface area contributed by atoms with Gasteiger partial charge in [-0.25, -0.2) is 4.98 Å². The van der Waals surface area contributed by atoms with Crippen molar-refractivity contribution in [3.63, 3.8) is 0 Å². The first-order valence-electron chi connectivity index (χ1n) is 6.34. The first-order chi connectivity index (χ1) is 8.81. The minimum absolute atomic E-state index is 0.841. The second-order valence-electron chi connectivity index (χ2n) is 4.01. The van der Waals surface area contributed by atoms with Crippen LogP contribution in [0.5, 0.6) is 0 Å². The molecule has 0 aliphatic rings. The van der Waals surface area contributed by atoms with Crippen LogP contribution in [0.15, 0.2) is 30.3 Å². The zero-order valence-electron chi connectivity index (χ0n) is 10.9. The van der Waals surface area contributed by atoms with E-state index < -0.39 is 0 Å². The average molecular weight is 261 g/mol. The van der Waals surface area contributed by atoms with Gasteiger partial charge in [-0.05, 0) is 37.6 Å². The third kappa shape index (κ3) is 3.47. The molecule has 0 fully saturated rings. The molecule has 2 heterocycles. The summed E-state index contributed by atoms with van der Waals surface area (Å²) in [6.45, 7) is 5.98. The molecule has 0 aliphatic heterocycles. The van der Waals surface area contributed by atoms with Gasteiger partial charge in [0.2, 0.25) is 0 Å². The number of aryl methyl sites for hydroxylation is 1. The number of anilines is 2. The van der Waals surface area contributed by atoms with E-state index in [0.29, 0.717) is 0 Å². The van der Waals surface area contributed by atoms with Crippen molar-refractivity contribution in [1.82, 2.24) is 4.98 Å². The summed E-state index contributed by atoms with van der Waals surface area (Å²) in [6.07, 6.45) is 1.11. The smallest absolute Gasteiger partial charge is 0.128 e. The summed E-state index contributed by atoms with van der Waals surface area (Å²) in [5.74, 6) is 1.84. The lowest BCUT2D eigenvalue weighted by molar-refractivity contribution is 1.11. The van der Waals surface area contributed by atoms with Crippen molar-refractivity contribution in [1.29, 1.82) is 0 Å². The van der Waals surface area contributed by atoms with Gasteiger partial charge in [-0.3, -0.25) is 0 Å². The monoisotopic (exact) mass is 261 g/mol. The Hall–Kier alpha value is -1.55. The van der Waals surface area contributed by atoms with E-state index in [1.807, 2.05) is 29.5 Å². The minimum atomic E-state index is 0.841. The van der Waals surface area contributed by atoms with E-state index in [-0.39, 0.29) is 0 Å². The molecule has 2 aromatic heterocycles. The molecule has 3 nitrogen and oxygen atoms in total. The summed E-state index contributed by atoms with van der Waals surface area (Å²) in [4.78, 5) is 7.27. The number of rotatable bonds is 6. The molecule has 0 saturated heterocycles. The predicted molar refractivity (Wildman–Crippen MR) is 79.4 cm³/mol. The number of nitrogens with one attached hydrogen (secondary N) is 2. The highest BCUT2D eigenvalue weighted by Crippen LogP contribution is 2.18. The van der Waals surface area contributed by atoms with Gasteiger partial charge in [-0.1, -0.05) is 13.0 Å². The van der Waals surface area contributed by atoms with Crippen LogP contribution in [0.25, 0.3) is 0 Å². The average Bonchev–Trinajstić information content (AvgIpc) is 2.85. The Kier molecular flexibility index (Phi) is 4.59. The van der Waals surface area contributed by atoms with E-state index in [0.717, 1.165) is 31.1 Å². The molecular formula is C14H19N3S. The minimum Gasteiger partial charge on any atom is -0.370 e. The number of hydrogen-bond acceptors (Lipinski definition) is 4. The summed E-state index contributed by atoms with van der Waals surface area (Å²) in [6, 6.07) is 10.4. The molecule has 2 aromatic rings. The Bertz CT molecular complexity index is 493. The van der Waals surface area contributed by atoms with Crippen molar-refractivity contribution in [2.45, 2.75) is 26.8 Å². The summed E-state index contributed by atoms with van der Waals surface area (Å²) in [5.41, 5.74) is 0. The zero-order chi connectivity index (χ0) is 12.8. The summed E-state index contributed by atoms with van der Waals surface area (Å²) in [5, 5.41) is 6.57. The van der Waals surface area contributed by atoms with E-state index in [1.165, 1.54) is 9.75 Å². The maximum absolute atomic E-state index is 4.49. The SMILES string of the molecule is CCNc1cccc(NCc2ccc(CC)s2)n1. The molecule has 0 aromatic carbocycles. The Balaban J connectivity index is 1.94. The lowest BCUT2D eigenvalue weighted by Crippen LogP contribution is -2.03. The van der Waals surface area contributed by atoms with Gasteiger partial charge in [0.1, 0.15) is 11.6 Å². The number of hydrogen-bond donors (Lipinski definition) is 2. The molecule has 96 valence electrons. The zero-order valence-corrected chi connectivity index (χ0v) is 11.7. The third-order valence-electron chi connectivity index (χ3n) is 2.62. The number of thiophene rings is 1. The highest BCUT2D eigenvalue weighted by atomic mass is 32.1. The first-order valence-corrected chi connectivity index (χ1v) is 7.16. The lowest BCUT2D eigenvalue weighted by Gasteiger charge is -2.07. The van der Waals surface area contributed by atoms with Crippen molar-refractivity contribution >= 4 is 23.0 Å². The fourth-order valence-corrected chi connectivity index (χ4v) is 2.60. The van der Waals surface area contributed by atoms with Crippen molar-refractivity contribution in [3.8, 4) is 0 Å². The third-order valence-corrected chi connectivity index (χ3v) is 3.85. The highest BCUT2D eigenvalue weighted by molar-refractivity contribution is 7.12. The van der Waals surface area contributed by atoms with Crippen LogP contribution in [0, 0.1) is 0 Å². The van der Waals surface area contributed by atoms with E-state index >= 15 is 0 Å². The second kappa shape index (κ2) is 6.40. The van der Waals surface area contributed by atoms with Gasteiger partial charge < -0.3 is 10.6 Å². The largest absolute Gasteiger partial charge is 0.370 e. The van der Waals surface area contributed by atoms with Crippen LogP contribution >= 0.6 is 11.3 Å². The molecule has 0 bridgehead atoms. The van der Waals surface area contributed by atoms with E-state index in [9.17, 15) is 0 Å². The first kappa shape index (κ1) is 12.9. The van der Waals surface area contributed by atoms with Crippen LogP contribution in [0.3, 0.4) is 0 Å². The molecule has 0 saturated carbocycles. The molecule has 0 spiro atoms. The second-order valence-corrected chi connectivity index (χ2v) is 5.27. The lowest BCUT2D eigenvalue weighted by atomic mass is 10.3. The molecule has 4 heteroatoms. The van der Waals surface area contributed by atoms with Crippen molar-refractivity contribution < 1.29 is 0 Å². The van der Waals surface area contributed by atoms with Gasteiger partial charge in [0.15, 0.2) is 0 Å². The van der Waals surface area contributed by atoms with Crippen LogP contribution in [-0.2, 0) is 13.0 Å². The normalized spacial score (nSPS) is 10.3. The molecule has 0 atom stereocenters. The van der Waals surface area contributed by atoms with Crippen molar-refractivity contribution in [2.75, 3.05) is 17.2 Å². The van der Waals surface area contributed by atoms with Gasteiger partial charge in [0.25, 0.3) is 0 Å². The fraction of sp³-hybridized carbons (Fsp3) is 0.357. The van der Waals surface area contributed by atoms with Gasteiger partial charge in [-0.2, -0.15) is 0 Å². The Morgan fingerprint density at radius 3 is 2.39 bits per heavy atom. The van der Waals surface area contributed by atoms with Gasteiger partial charge in [-0.15, -0.1) is 11.3 Å². The Morgan fingerprint density at radius 1 is 1.00 bits per heavy atom. The van der Waals surface area contributed by atoms with Crippen LogP contribution in [0.4, 0.5) is 11.6 Å². The summed E-state index contributed by atoms with van der Waals surface area (Å²) < 4.78 is 0. The maximum Gasteiger partial charge on any atom is 0.128 e. The molecular weight excluding hydrogens is 242 g/mol. The molecule has 0 amide bonds. The molecule has 0 unspecified atom stereocenters. The summed E-state index contributed by atoms with van der Waals surface area (Å²) in [7, 11) is 0. The summed E-state index contributed by atoms with van der Waals surface area (Å²) >= 11 is 1.86. The van der Waals surface area contributed by atoms with Crippen LogP contribution < -0.4 is 10.6 Å². The predicted octanol–water partition coefficient (Wildman–Crippen LogP) is 3.75. The number of aromatic nitrogens is 1. The molecule has 2 rings (SSSR count). The standard InChI is InChI=1S/C14H19N3S/c1-3-11-8-9-12(18-11)10-16-14-7-5-6-13(17-14)15-4-2/h5-9H,3-4,10H2,1-2H3,(H2,15,16,17). The Morgan fingerprint density at radius 2 is 1.72 bits per heavy atom. The van der Waals surface area contributed by atoms with Gasteiger partial charge in [0.05, 0.1) is 6.54 Å². The van der Waals surface area contributed by atoms with Crippen LogP contribution in [0.2, 0.25) is 0 Å². The van der Waals surface area contributed by atoms with E-state index in [4.69, 9.17) is 0 Å². The van der Waals surface area contributed by atoms with Crippen LogP contribution in [0.1, 0.15) is 23.6 Å². The van der Waals surface area contributed by atoms with E-state index in [2.05, 4.69) is 41.6 Å². The van der Waals surface area contributed by atoms with Crippen molar-refractivity contribution in [3.05, 3.63) is 40.1 Å². The topological polar surface area (TPSA) is 37.0 Å². The molecule has 0 radical (unpaired) electrons. The van der Waals surface area contributed by atoms with E-state index in [1.54, 1.807) is 0 Å². The maximum atomic E-state index is 4.49. The number of nitrogens with zero attached hydrogens (tertiary/aromatic N) is 1. The van der Waals surface area contributed by atoms with Gasteiger partial charge in [0, 0.05) is 16.3 Å². The highest BCUT2D eigenvalue weighted by Gasteiger charge is 2.00. The Labute approximate surface area is 112 Å². The van der Waals surface area contributed by atoms with Gasteiger partial charge >= 0.3 is 0 Å². The number of pyridine rings is 1. The molecule has 0 aliphatic carbocycles. The fourth-order valence-electron chi connectivity index (χ4n) is 1.70. The van der Waals surface area contributed by atoms with Crippen molar-refractivity contribution in [2.24, 2.45) is 0 Å². The quantitative estimate of drug-likeness (QED) is 0.831. The van der Waals surface area contributed by atoms with Crippen LogP contribution in [-0.4, -0.2) is 11.5 Å². The molecule has 2 N–H and O–H groups in total.